The Morgan fingerprint density at radius 1 is 1.26 bits per heavy atom. The summed E-state index contributed by atoms with van der Waals surface area (Å²) >= 11 is 0. The highest BCUT2D eigenvalue weighted by Crippen LogP contribution is 2.29. The Morgan fingerprint density at radius 3 is 2.70 bits per heavy atom. The van der Waals surface area contributed by atoms with Crippen LogP contribution in [-0.4, -0.2) is 25.2 Å². The molecule has 0 unspecified atom stereocenters. The van der Waals surface area contributed by atoms with E-state index in [4.69, 9.17) is 14.7 Å². The van der Waals surface area contributed by atoms with Crippen molar-refractivity contribution < 1.29 is 14.3 Å². The summed E-state index contributed by atoms with van der Waals surface area (Å²) in [5, 5.41) is 21.1. The van der Waals surface area contributed by atoms with Crippen molar-refractivity contribution in [2.24, 2.45) is 5.92 Å². The van der Waals surface area contributed by atoms with Crippen LogP contribution < -0.4 is 14.8 Å². The maximum Gasteiger partial charge on any atom is 0.262 e. The molecule has 1 amide bonds. The molecular formula is C21H25N3O3. The first-order valence-corrected chi connectivity index (χ1v) is 9.28. The lowest BCUT2D eigenvalue weighted by Gasteiger charge is -2.29. The van der Waals surface area contributed by atoms with E-state index >= 15 is 0 Å². The van der Waals surface area contributed by atoms with Crippen molar-refractivity contribution in [1.82, 2.24) is 5.32 Å². The van der Waals surface area contributed by atoms with Gasteiger partial charge in [0.1, 0.15) is 17.7 Å². The number of nitriles is 2. The van der Waals surface area contributed by atoms with E-state index in [1.165, 1.54) is 6.42 Å². The van der Waals surface area contributed by atoms with Crippen LogP contribution in [0.5, 0.6) is 11.5 Å². The molecule has 1 fully saturated rings. The van der Waals surface area contributed by atoms with Crippen LogP contribution >= 0.6 is 0 Å². The van der Waals surface area contributed by atoms with E-state index in [1.807, 2.05) is 19.1 Å². The van der Waals surface area contributed by atoms with Gasteiger partial charge < -0.3 is 14.8 Å². The van der Waals surface area contributed by atoms with E-state index in [9.17, 15) is 10.1 Å². The number of hydrogen-bond donors (Lipinski definition) is 1. The van der Waals surface area contributed by atoms with Gasteiger partial charge in [0.05, 0.1) is 6.61 Å². The van der Waals surface area contributed by atoms with Gasteiger partial charge in [-0.2, -0.15) is 10.5 Å². The SMILES string of the molecule is CCOc1cc(/C=C(\C#N)C(=O)N[C@H]2CCCC[C@@H]2C)ccc1OCC#N. The number of nitrogens with one attached hydrogen (secondary N) is 1. The van der Waals surface area contributed by atoms with Crippen LogP contribution in [0.15, 0.2) is 23.8 Å². The van der Waals surface area contributed by atoms with Crippen molar-refractivity contribution >= 4 is 12.0 Å². The third-order valence-corrected chi connectivity index (χ3v) is 4.66. The van der Waals surface area contributed by atoms with E-state index in [2.05, 4.69) is 12.2 Å². The minimum absolute atomic E-state index is 0.0564. The van der Waals surface area contributed by atoms with Crippen LogP contribution in [0.4, 0.5) is 0 Å². The number of hydrogen-bond acceptors (Lipinski definition) is 5. The lowest BCUT2D eigenvalue weighted by atomic mass is 9.86. The maximum absolute atomic E-state index is 12.5. The Hall–Kier alpha value is -2.99. The molecule has 6 nitrogen and oxygen atoms in total. The second-order valence-electron chi connectivity index (χ2n) is 6.60. The third-order valence-electron chi connectivity index (χ3n) is 4.66. The molecule has 2 rings (SSSR count). The predicted molar refractivity (Wildman–Crippen MR) is 102 cm³/mol. The van der Waals surface area contributed by atoms with Crippen molar-refractivity contribution in [3.8, 4) is 23.6 Å². The molecule has 27 heavy (non-hydrogen) atoms. The van der Waals surface area contributed by atoms with Gasteiger partial charge in [0, 0.05) is 6.04 Å². The summed E-state index contributed by atoms with van der Waals surface area (Å²) in [6.45, 7) is 4.33. The summed E-state index contributed by atoms with van der Waals surface area (Å²) < 4.78 is 10.9. The Labute approximate surface area is 160 Å². The fourth-order valence-electron chi connectivity index (χ4n) is 3.20. The van der Waals surface area contributed by atoms with Gasteiger partial charge >= 0.3 is 0 Å². The van der Waals surface area contributed by atoms with Crippen LogP contribution in [0.25, 0.3) is 6.08 Å². The Bertz CT molecular complexity index is 774. The number of nitrogens with zero attached hydrogens (tertiary/aromatic N) is 2. The van der Waals surface area contributed by atoms with Crippen LogP contribution in [0, 0.1) is 28.6 Å². The first kappa shape index (κ1) is 20.3. The average Bonchev–Trinajstić information content (AvgIpc) is 2.67. The van der Waals surface area contributed by atoms with Crippen LogP contribution in [-0.2, 0) is 4.79 Å². The molecule has 1 aromatic carbocycles. The van der Waals surface area contributed by atoms with E-state index < -0.39 is 0 Å². The molecule has 0 aliphatic heterocycles. The predicted octanol–water partition coefficient (Wildman–Crippen LogP) is 3.59. The molecule has 1 N–H and O–H groups in total. The summed E-state index contributed by atoms with van der Waals surface area (Å²) in [5.41, 5.74) is 0.715. The van der Waals surface area contributed by atoms with Crippen molar-refractivity contribution in [3.05, 3.63) is 29.3 Å². The second-order valence-corrected chi connectivity index (χ2v) is 6.60. The fraction of sp³-hybridized carbons (Fsp3) is 0.476. The number of carbonyl (C=O) groups excluding carboxylic acids is 1. The number of ether oxygens (including phenoxy) is 2. The van der Waals surface area contributed by atoms with Crippen molar-refractivity contribution in [3.63, 3.8) is 0 Å². The zero-order valence-corrected chi connectivity index (χ0v) is 15.8. The molecule has 1 aromatic rings. The summed E-state index contributed by atoms with van der Waals surface area (Å²) in [6, 6.07) is 9.11. The second kappa shape index (κ2) is 10.2. The summed E-state index contributed by atoms with van der Waals surface area (Å²) in [7, 11) is 0. The molecule has 6 heteroatoms. The first-order valence-electron chi connectivity index (χ1n) is 9.28. The molecule has 1 aliphatic carbocycles. The monoisotopic (exact) mass is 367 g/mol. The quantitative estimate of drug-likeness (QED) is 0.587. The van der Waals surface area contributed by atoms with Crippen LogP contribution in [0.3, 0.4) is 0 Å². The molecule has 1 saturated carbocycles. The topological polar surface area (TPSA) is 95.1 Å². The summed E-state index contributed by atoms with van der Waals surface area (Å²) in [5.74, 6) is 0.998. The highest BCUT2D eigenvalue weighted by molar-refractivity contribution is 6.01. The summed E-state index contributed by atoms with van der Waals surface area (Å²) in [4.78, 5) is 12.5. The molecule has 0 radical (unpaired) electrons. The van der Waals surface area contributed by atoms with E-state index in [1.54, 1.807) is 24.3 Å². The van der Waals surface area contributed by atoms with Gasteiger partial charge in [-0.25, -0.2) is 0 Å². The highest BCUT2D eigenvalue weighted by Gasteiger charge is 2.24. The summed E-state index contributed by atoms with van der Waals surface area (Å²) in [6.07, 6.45) is 5.88. The lowest BCUT2D eigenvalue weighted by Crippen LogP contribution is -2.41. The Morgan fingerprint density at radius 2 is 2.04 bits per heavy atom. The van der Waals surface area contributed by atoms with E-state index in [0.29, 0.717) is 29.6 Å². The minimum Gasteiger partial charge on any atom is -0.490 e. The Kier molecular flexibility index (Phi) is 7.70. The van der Waals surface area contributed by atoms with Gasteiger partial charge in [0.15, 0.2) is 18.1 Å². The van der Waals surface area contributed by atoms with Crippen LogP contribution in [0.2, 0.25) is 0 Å². The third kappa shape index (κ3) is 5.76. The molecule has 142 valence electrons. The first-order chi connectivity index (χ1) is 13.1. The standard InChI is InChI=1S/C21H25N3O3/c1-3-26-20-13-16(8-9-19(20)27-11-10-22)12-17(14-23)21(25)24-18-7-5-4-6-15(18)2/h8-9,12-13,15,18H,3-7,11H2,1-2H3,(H,24,25)/b17-12+/t15-,18-/m0/s1. The zero-order valence-electron chi connectivity index (χ0n) is 15.8. The molecular weight excluding hydrogens is 342 g/mol. The molecule has 0 bridgehead atoms. The minimum atomic E-state index is -0.348. The molecule has 0 spiro atoms. The van der Waals surface area contributed by atoms with Gasteiger partial charge in [-0.05, 0) is 49.5 Å². The van der Waals surface area contributed by atoms with Crippen LogP contribution in [0.1, 0.15) is 45.1 Å². The Balaban J connectivity index is 2.18. The van der Waals surface area contributed by atoms with E-state index in [-0.39, 0.29) is 24.1 Å². The molecule has 0 saturated heterocycles. The smallest absolute Gasteiger partial charge is 0.262 e. The molecule has 2 atom stereocenters. The van der Waals surface area contributed by atoms with Gasteiger partial charge in [0.2, 0.25) is 0 Å². The van der Waals surface area contributed by atoms with Crippen molar-refractivity contribution in [1.29, 1.82) is 10.5 Å². The van der Waals surface area contributed by atoms with Gasteiger partial charge in [0.25, 0.3) is 5.91 Å². The van der Waals surface area contributed by atoms with Crippen molar-refractivity contribution in [2.45, 2.75) is 45.6 Å². The number of amides is 1. The zero-order chi connectivity index (χ0) is 19.6. The maximum atomic E-state index is 12.5. The van der Waals surface area contributed by atoms with Gasteiger partial charge in [-0.1, -0.05) is 25.8 Å². The average molecular weight is 367 g/mol. The van der Waals surface area contributed by atoms with E-state index in [0.717, 1.165) is 19.3 Å². The normalized spacial score (nSPS) is 19.5. The number of benzene rings is 1. The van der Waals surface area contributed by atoms with Crippen molar-refractivity contribution in [2.75, 3.05) is 13.2 Å². The number of carbonyl (C=O) groups is 1. The highest BCUT2D eigenvalue weighted by atomic mass is 16.5. The molecule has 1 aliphatic rings. The van der Waals surface area contributed by atoms with Gasteiger partial charge in [-0.3, -0.25) is 4.79 Å². The van der Waals surface area contributed by atoms with Gasteiger partial charge in [-0.15, -0.1) is 0 Å². The lowest BCUT2D eigenvalue weighted by molar-refractivity contribution is -0.118. The molecule has 0 aromatic heterocycles. The molecule has 0 heterocycles. The number of rotatable bonds is 7. The largest absolute Gasteiger partial charge is 0.490 e. The fourth-order valence-corrected chi connectivity index (χ4v) is 3.20.